The van der Waals surface area contributed by atoms with Gasteiger partial charge in [0.1, 0.15) is 6.10 Å². The fraction of sp³-hybridized carbons (Fsp3) is 0.333. The van der Waals surface area contributed by atoms with Crippen LogP contribution in [-0.2, 0) is 25.5 Å². The third kappa shape index (κ3) is 2.82. The van der Waals surface area contributed by atoms with Gasteiger partial charge in [-0.05, 0) is 35.2 Å². The number of rotatable bonds is 2. The fourth-order valence-electron chi connectivity index (χ4n) is 3.09. The Bertz CT molecular complexity index is 735. The number of ether oxygens (including phenoxy) is 2. The van der Waals surface area contributed by atoms with E-state index in [0.29, 0.717) is 6.42 Å². The second-order valence-corrected chi connectivity index (χ2v) is 5.61. The third-order valence-corrected chi connectivity index (χ3v) is 3.96. The lowest BCUT2D eigenvalue weighted by Gasteiger charge is -2.32. The van der Waals surface area contributed by atoms with Crippen molar-refractivity contribution < 1.29 is 19.1 Å². The maximum atomic E-state index is 11.5. The average molecular weight is 298 g/mol. The van der Waals surface area contributed by atoms with E-state index in [-0.39, 0.29) is 11.9 Å². The number of esters is 2. The molecule has 2 aromatic rings. The van der Waals surface area contributed by atoms with Crippen molar-refractivity contribution >= 4 is 22.7 Å². The predicted octanol–water partition coefficient (Wildman–Crippen LogP) is 3.32. The Kier molecular flexibility index (Phi) is 3.84. The van der Waals surface area contributed by atoms with E-state index in [1.165, 1.54) is 13.8 Å². The van der Waals surface area contributed by atoms with Crippen LogP contribution in [0.5, 0.6) is 0 Å². The summed E-state index contributed by atoms with van der Waals surface area (Å²) < 4.78 is 10.8. The highest BCUT2D eigenvalue weighted by atomic mass is 16.6. The Morgan fingerprint density at radius 2 is 1.64 bits per heavy atom. The molecule has 0 bridgehead atoms. The van der Waals surface area contributed by atoms with Crippen molar-refractivity contribution in [1.29, 1.82) is 0 Å². The molecule has 4 heteroatoms. The molecule has 0 saturated heterocycles. The summed E-state index contributed by atoms with van der Waals surface area (Å²) in [6.45, 7) is 2.75. The van der Waals surface area contributed by atoms with Crippen LogP contribution < -0.4 is 0 Å². The molecule has 3 rings (SSSR count). The topological polar surface area (TPSA) is 52.6 Å². The summed E-state index contributed by atoms with van der Waals surface area (Å²) >= 11 is 0. The minimum absolute atomic E-state index is 0.355. The first-order valence-corrected chi connectivity index (χ1v) is 7.40. The van der Waals surface area contributed by atoms with E-state index in [9.17, 15) is 9.59 Å². The Balaban J connectivity index is 2.06. The van der Waals surface area contributed by atoms with Gasteiger partial charge in [-0.2, -0.15) is 0 Å². The van der Waals surface area contributed by atoms with Crippen LogP contribution in [-0.4, -0.2) is 18.0 Å². The Hall–Kier alpha value is -2.36. The molecule has 0 aliphatic heterocycles. The second kappa shape index (κ2) is 5.79. The maximum Gasteiger partial charge on any atom is 0.303 e. The molecule has 0 saturated carbocycles. The summed E-state index contributed by atoms with van der Waals surface area (Å²) in [4.78, 5) is 22.8. The molecule has 2 atom stereocenters. The molecule has 0 radical (unpaired) electrons. The van der Waals surface area contributed by atoms with Crippen LogP contribution in [0.1, 0.15) is 37.5 Å². The molecule has 0 aromatic heterocycles. The molecule has 0 unspecified atom stereocenters. The van der Waals surface area contributed by atoms with Crippen molar-refractivity contribution in [2.24, 2.45) is 0 Å². The number of aryl methyl sites for hydroxylation is 1. The summed E-state index contributed by atoms with van der Waals surface area (Å²) in [6, 6.07) is 12.2. The zero-order valence-corrected chi connectivity index (χ0v) is 12.7. The van der Waals surface area contributed by atoms with Crippen molar-refractivity contribution in [1.82, 2.24) is 0 Å². The molecule has 114 valence electrons. The minimum Gasteiger partial charge on any atom is -0.458 e. The van der Waals surface area contributed by atoms with E-state index < -0.39 is 12.2 Å². The Labute approximate surface area is 129 Å². The Morgan fingerprint density at radius 1 is 1.00 bits per heavy atom. The summed E-state index contributed by atoms with van der Waals surface area (Å²) in [5.74, 6) is -0.727. The molecule has 0 fully saturated rings. The number of hydrogen-bond acceptors (Lipinski definition) is 4. The van der Waals surface area contributed by atoms with Gasteiger partial charge in [0.2, 0.25) is 0 Å². The van der Waals surface area contributed by atoms with Gasteiger partial charge in [-0.25, -0.2) is 0 Å². The molecule has 0 spiro atoms. The normalized spacial score (nSPS) is 20.3. The molecule has 22 heavy (non-hydrogen) atoms. The van der Waals surface area contributed by atoms with Gasteiger partial charge < -0.3 is 9.47 Å². The largest absolute Gasteiger partial charge is 0.458 e. The molecule has 1 aliphatic carbocycles. The molecule has 2 aromatic carbocycles. The second-order valence-electron chi connectivity index (χ2n) is 5.61. The van der Waals surface area contributed by atoms with E-state index >= 15 is 0 Å². The van der Waals surface area contributed by atoms with Crippen LogP contribution in [0.2, 0.25) is 0 Å². The summed E-state index contributed by atoms with van der Waals surface area (Å²) in [5, 5.41) is 2.25. The Morgan fingerprint density at radius 3 is 2.27 bits per heavy atom. The number of carbonyl (C=O) groups is 2. The third-order valence-electron chi connectivity index (χ3n) is 3.96. The lowest BCUT2D eigenvalue weighted by atomic mass is 9.85. The number of carbonyl (C=O) groups excluding carboxylic acids is 2. The first-order valence-electron chi connectivity index (χ1n) is 7.40. The van der Waals surface area contributed by atoms with Crippen molar-refractivity contribution in [3.63, 3.8) is 0 Å². The zero-order valence-electron chi connectivity index (χ0n) is 12.7. The quantitative estimate of drug-likeness (QED) is 0.798. The lowest BCUT2D eigenvalue weighted by molar-refractivity contribution is -0.167. The lowest BCUT2D eigenvalue weighted by Crippen LogP contribution is -2.32. The highest BCUT2D eigenvalue weighted by molar-refractivity contribution is 5.84. The summed E-state index contributed by atoms with van der Waals surface area (Å²) in [6.07, 6.45) is 0.503. The number of fused-ring (bicyclic) bond motifs is 2. The maximum absolute atomic E-state index is 11.5. The van der Waals surface area contributed by atoms with Gasteiger partial charge in [0.25, 0.3) is 0 Å². The average Bonchev–Trinajstić information content (AvgIpc) is 2.47. The first kappa shape index (κ1) is 14.6. The number of benzene rings is 2. The standard InChI is InChI=1S/C18H18O4/c1-11(19)21-17-8-7-15-9-13-5-3-4-6-14(13)10-16(15)18(17)22-12(2)20/h3-6,9-10,17-18H,7-8H2,1-2H3/t17-,18-/m1/s1. The summed E-state index contributed by atoms with van der Waals surface area (Å²) in [5.41, 5.74) is 2.08. The van der Waals surface area contributed by atoms with Gasteiger partial charge in [0, 0.05) is 19.4 Å². The molecule has 0 N–H and O–H groups in total. The van der Waals surface area contributed by atoms with Gasteiger partial charge in [0.15, 0.2) is 6.10 Å². The van der Waals surface area contributed by atoms with E-state index in [2.05, 4.69) is 12.1 Å². The van der Waals surface area contributed by atoms with E-state index in [4.69, 9.17) is 9.47 Å². The monoisotopic (exact) mass is 298 g/mol. The van der Waals surface area contributed by atoms with E-state index in [1.807, 2.05) is 24.3 Å². The van der Waals surface area contributed by atoms with Crippen molar-refractivity contribution in [3.05, 3.63) is 47.5 Å². The molecular weight excluding hydrogens is 280 g/mol. The van der Waals surface area contributed by atoms with Crippen LogP contribution in [0, 0.1) is 0 Å². The van der Waals surface area contributed by atoms with Crippen LogP contribution >= 0.6 is 0 Å². The van der Waals surface area contributed by atoms with Gasteiger partial charge >= 0.3 is 11.9 Å². The van der Waals surface area contributed by atoms with Gasteiger partial charge in [-0.15, -0.1) is 0 Å². The zero-order chi connectivity index (χ0) is 15.7. The van der Waals surface area contributed by atoms with Crippen LogP contribution in [0.25, 0.3) is 10.8 Å². The van der Waals surface area contributed by atoms with Crippen LogP contribution in [0.4, 0.5) is 0 Å². The smallest absolute Gasteiger partial charge is 0.303 e. The van der Waals surface area contributed by atoms with Gasteiger partial charge in [0.05, 0.1) is 0 Å². The van der Waals surface area contributed by atoms with Crippen molar-refractivity contribution in [2.75, 3.05) is 0 Å². The molecule has 0 amide bonds. The highest BCUT2D eigenvalue weighted by Crippen LogP contribution is 2.37. The van der Waals surface area contributed by atoms with Crippen molar-refractivity contribution in [2.45, 2.75) is 38.9 Å². The van der Waals surface area contributed by atoms with Gasteiger partial charge in [-0.3, -0.25) is 9.59 Å². The SMILES string of the molecule is CC(=O)O[C@@H]1c2cc3ccccc3cc2CC[C@H]1OC(C)=O. The minimum atomic E-state index is -0.533. The number of hydrogen-bond donors (Lipinski definition) is 0. The van der Waals surface area contributed by atoms with E-state index in [1.54, 1.807) is 0 Å². The first-order chi connectivity index (χ1) is 10.5. The molecule has 0 heterocycles. The summed E-state index contributed by atoms with van der Waals surface area (Å²) in [7, 11) is 0. The van der Waals surface area contributed by atoms with Crippen molar-refractivity contribution in [3.8, 4) is 0 Å². The predicted molar refractivity (Wildman–Crippen MR) is 82.3 cm³/mol. The van der Waals surface area contributed by atoms with Crippen LogP contribution in [0.3, 0.4) is 0 Å². The van der Waals surface area contributed by atoms with E-state index in [0.717, 1.165) is 28.3 Å². The van der Waals surface area contributed by atoms with Gasteiger partial charge in [-0.1, -0.05) is 30.3 Å². The highest BCUT2D eigenvalue weighted by Gasteiger charge is 2.34. The molecular formula is C18H18O4. The molecule has 4 nitrogen and oxygen atoms in total. The fourth-order valence-corrected chi connectivity index (χ4v) is 3.09. The van der Waals surface area contributed by atoms with Crippen LogP contribution in [0.15, 0.2) is 36.4 Å². The molecule has 1 aliphatic rings.